The molecule has 0 aliphatic heterocycles. The summed E-state index contributed by atoms with van der Waals surface area (Å²) in [6.07, 6.45) is 12.5. The standard InChI is InChI=1S/C31H44O3/c1-26(2)11-12-28(5)13-14-31(8)24(20(28)17-26)21(33)15-23-29(6)16-19(18-32)25(34)27(3,4)22(29)9-10-30(23,31)7/h15-16,18,20,22,24H,9-14,17H2,1-8H3/t20?,22-,24-,28+,29-,30+,31+/m0/s1. The van der Waals surface area contributed by atoms with Crippen LogP contribution in [0, 0.1) is 50.2 Å². The molecule has 5 aliphatic rings. The van der Waals surface area contributed by atoms with Gasteiger partial charge in [0.25, 0.3) is 0 Å². The molecule has 0 radical (unpaired) electrons. The fourth-order valence-electron chi connectivity index (χ4n) is 9.94. The number of carbonyl (C=O) groups is 3. The van der Waals surface area contributed by atoms with Crippen molar-refractivity contribution in [3.8, 4) is 0 Å². The highest BCUT2D eigenvalue weighted by Gasteiger charge is 2.69. The van der Waals surface area contributed by atoms with Crippen LogP contribution < -0.4 is 0 Å². The Hall–Kier alpha value is -1.51. The first-order chi connectivity index (χ1) is 15.6. The Kier molecular flexibility index (Phi) is 4.86. The summed E-state index contributed by atoms with van der Waals surface area (Å²) >= 11 is 0. The lowest BCUT2D eigenvalue weighted by Gasteiger charge is -2.69. The number of aldehydes is 1. The van der Waals surface area contributed by atoms with Crippen molar-refractivity contribution < 1.29 is 14.4 Å². The van der Waals surface area contributed by atoms with E-state index < -0.39 is 10.8 Å². The van der Waals surface area contributed by atoms with Gasteiger partial charge in [0.15, 0.2) is 17.9 Å². The molecule has 0 saturated heterocycles. The van der Waals surface area contributed by atoms with Gasteiger partial charge >= 0.3 is 0 Å². The van der Waals surface area contributed by atoms with E-state index in [0.717, 1.165) is 32.0 Å². The number of carbonyl (C=O) groups excluding carboxylic acids is 3. The van der Waals surface area contributed by atoms with Crippen LogP contribution in [0.15, 0.2) is 23.3 Å². The number of hydrogen-bond acceptors (Lipinski definition) is 3. The molecule has 3 saturated carbocycles. The molecule has 34 heavy (non-hydrogen) atoms. The summed E-state index contributed by atoms with van der Waals surface area (Å²) in [5.74, 6) is 0.853. The third kappa shape index (κ3) is 2.79. The lowest BCUT2D eigenvalue weighted by atomic mass is 9.34. The zero-order valence-corrected chi connectivity index (χ0v) is 22.6. The predicted molar refractivity (Wildman–Crippen MR) is 135 cm³/mol. The first-order valence-electron chi connectivity index (χ1n) is 13.6. The van der Waals surface area contributed by atoms with Crippen LogP contribution in [0.2, 0.25) is 0 Å². The Bertz CT molecular complexity index is 1040. The van der Waals surface area contributed by atoms with E-state index in [9.17, 15) is 14.4 Å². The maximum atomic E-state index is 14.2. The van der Waals surface area contributed by atoms with Crippen molar-refractivity contribution in [3.05, 3.63) is 23.3 Å². The monoisotopic (exact) mass is 464 g/mol. The molecule has 0 N–H and O–H groups in total. The molecule has 3 heteroatoms. The van der Waals surface area contributed by atoms with Crippen LogP contribution >= 0.6 is 0 Å². The van der Waals surface area contributed by atoms with Crippen LogP contribution in [-0.2, 0) is 14.4 Å². The van der Waals surface area contributed by atoms with Gasteiger partial charge in [-0.1, -0.05) is 67.0 Å². The van der Waals surface area contributed by atoms with Crippen LogP contribution in [0.25, 0.3) is 0 Å². The molecule has 0 bridgehead atoms. The second-order valence-electron chi connectivity index (χ2n) is 15.0. The van der Waals surface area contributed by atoms with E-state index >= 15 is 0 Å². The Morgan fingerprint density at radius 2 is 1.53 bits per heavy atom. The van der Waals surface area contributed by atoms with Gasteiger partial charge in [0.2, 0.25) is 0 Å². The summed E-state index contributed by atoms with van der Waals surface area (Å²) in [5, 5.41) is 0. The van der Waals surface area contributed by atoms with Crippen molar-refractivity contribution in [2.45, 2.75) is 100 Å². The molecular weight excluding hydrogens is 420 g/mol. The number of rotatable bonds is 1. The highest BCUT2D eigenvalue weighted by molar-refractivity contribution is 6.15. The quantitative estimate of drug-likeness (QED) is 0.313. The van der Waals surface area contributed by atoms with Gasteiger partial charge < -0.3 is 0 Å². The Morgan fingerprint density at radius 1 is 0.882 bits per heavy atom. The molecule has 0 amide bonds. The molecule has 3 nitrogen and oxygen atoms in total. The molecular formula is C31H44O3. The van der Waals surface area contributed by atoms with Gasteiger partial charge in [-0.3, -0.25) is 14.4 Å². The maximum Gasteiger partial charge on any atom is 0.171 e. The van der Waals surface area contributed by atoms with Gasteiger partial charge in [0.1, 0.15) is 0 Å². The minimum atomic E-state index is -0.610. The van der Waals surface area contributed by atoms with Gasteiger partial charge in [0.05, 0.1) is 5.57 Å². The van der Waals surface area contributed by atoms with E-state index in [4.69, 9.17) is 0 Å². The van der Waals surface area contributed by atoms with Crippen molar-refractivity contribution in [1.29, 1.82) is 0 Å². The van der Waals surface area contributed by atoms with Crippen molar-refractivity contribution >= 4 is 17.9 Å². The van der Waals surface area contributed by atoms with Gasteiger partial charge in [0, 0.05) is 16.7 Å². The molecule has 186 valence electrons. The van der Waals surface area contributed by atoms with Gasteiger partial charge in [-0.2, -0.15) is 0 Å². The number of hydrogen-bond donors (Lipinski definition) is 0. The van der Waals surface area contributed by atoms with Gasteiger partial charge in [-0.05, 0) is 84.5 Å². The number of Topliss-reactive ketones (excluding diaryl/α,β-unsaturated/α-hetero) is 1. The molecule has 0 aromatic heterocycles. The summed E-state index contributed by atoms with van der Waals surface area (Å²) < 4.78 is 0. The third-order valence-electron chi connectivity index (χ3n) is 12.3. The van der Waals surface area contributed by atoms with Crippen LogP contribution in [0.5, 0.6) is 0 Å². The normalized spacial score (nSPS) is 49.0. The summed E-state index contributed by atoms with van der Waals surface area (Å²) in [7, 11) is 0. The lowest BCUT2D eigenvalue weighted by molar-refractivity contribution is -0.168. The molecule has 1 unspecified atom stereocenters. The summed E-state index contributed by atoms with van der Waals surface area (Å²) in [4.78, 5) is 39.3. The average molecular weight is 465 g/mol. The highest BCUT2D eigenvalue weighted by atomic mass is 16.1. The largest absolute Gasteiger partial charge is 0.298 e. The molecule has 3 fully saturated rings. The summed E-state index contributed by atoms with van der Waals surface area (Å²) in [6, 6.07) is 0. The molecule has 7 atom stereocenters. The minimum Gasteiger partial charge on any atom is -0.298 e. The Labute approximate surface area is 206 Å². The van der Waals surface area contributed by atoms with E-state index in [0.29, 0.717) is 17.3 Å². The second-order valence-corrected chi connectivity index (χ2v) is 15.0. The smallest absolute Gasteiger partial charge is 0.171 e. The highest BCUT2D eigenvalue weighted by Crippen LogP contribution is 2.74. The van der Waals surface area contributed by atoms with Crippen LogP contribution in [0.3, 0.4) is 0 Å². The van der Waals surface area contributed by atoms with Crippen molar-refractivity contribution in [2.24, 2.45) is 50.2 Å². The summed E-state index contributed by atoms with van der Waals surface area (Å²) in [5.41, 5.74) is 0.756. The van der Waals surface area contributed by atoms with Gasteiger partial charge in [-0.15, -0.1) is 0 Å². The van der Waals surface area contributed by atoms with Gasteiger partial charge in [-0.25, -0.2) is 0 Å². The average Bonchev–Trinajstić information content (AvgIpc) is 2.74. The molecule has 0 aromatic rings. The van der Waals surface area contributed by atoms with Crippen LogP contribution in [0.1, 0.15) is 100 Å². The van der Waals surface area contributed by atoms with E-state index in [-0.39, 0.29) is 39.3 Å². The lowest BCUT2D eigenvalue weighted by Crippen LogP contribution is -2.64. The van der Waals surface area contributed by atoms with Crippen LogP contribution in [0.4, 0.5) is 0 Å². The van der Waals surface area contributed by atoms with Crippen molar-refractivity contribution in [3.63, 3.8) is 0 Å². The maximum absolute atomic E-state index is 14.2. The molecule has 0 heterocycles. The molecule has 5 rings (SSSR count). The Morgan fingerprint density at radius 3 is 2.18 bits per heavy atom. The Balaban J connectivity index is 1.69. The number of ketones is 2. The third-order valence-corrected chi connectivity index (χ3v) is 12.3. The molecule has 0 aromatic carbocycles. The zero-order chi connectivity index (χ0) is 25.1. The van der Waals surface area contributed by atoms with Crippen molar-refractivity contribution in [1.82, 2.24) is 0 Å². The molecule has 0 spiro atoms. The zero-order valence-electron chi connectivity index (χ0n) is 22.6. The predicted octanol–water partition coefficient (Wildman–Crippen LogP) is 6.90. The first-order valence-corrected chi connectivity index (χ1v) is 13.6. The van der Waals surface area contributed by atoms with E-state index in [1.54, 1.807) is 0 Å². The van der Waals surface area contributed by atoms with E-state index in [1.807, 2.05) is 26.0 Å². The SMILES string of the molecule is CC1(C)CC[C@]2(C)CC[C@]3(C)[C@H](C(=O)C=C4[C@@]5(C)C=C(C=O)C(=O)C(C)(C)[C@@H]5CC[C@]43C)C2C1. The number of fused-ring (bicyclic) bond motifs is 7. The second kappa shape index (κ2) is 6.83. The summed E-state index contributed by atoms with van der Waals surface area (Å²) in [6.45, 7) is 18.2. The van der Waals surface area contributed by atoms with E-state index in [2.05, 4.69) is 41.5 Å². The number of allylic oxidation sites excluding steroid dienone is 4. The minimum absolute atomic E-state index is 0.0433. The first kappa shape index (κ1) is 24.2. The fraction of sp³-hybridized carbons (Fsp3) is 0.774. The topological polar surface area (TPSA) is 51.2 Å². The van der Waals surface area contributed by atoms with Crippen LogP contribution in [-0.4, -0.2) is 17.9 Å². The van der Waals surface area contributed by atoms with E-state index in [1.165, 1.54) is 24.8 Å². The fourth-order valence-corrected chi connectivity index (χ4v) is 9.94. The van der Waals surface area contributed by atoms with Crippen molar-refractivity contribution in [2.75, 3.05) is 0 Å². The molecule has 5 aliphatic carbocycles.